The minimum atomic E-state index is -0.236. The van der Waals surface area contributed by atoms with Crippen LogP contribution in [0.1, 0.15) is 26.2 Å². The lowest BCUT2D eigenvalue weighted by atomic mass is 9.70. The predicted molar refractivity (Wildman–Crippen MR) is 57.5 cm³/mol. The van der Waals surface area contributed by atoms with Crippen LogP contribution in [-0.2, 0) is 9.47 Å². The van der Waals surface area contributed by atoms with Gasteiger partial charge in [-0.15, -0.1) is 0 Å². The molecule has 1 aliphatic carbocycles. The van der Waals surface area contributed by atoms with Crippen molar-refractivity contribution in [1.82, 2.24) is 0 Å². The molecule has 0 amide bonds. The Balaban J connectivity index is 2.07. The number of nitrogens with two attached hydrogens (primary N) is 2. The summed E-state index contributed by atoms with van der Waals surface area (Å²) in [7, 11) is 0. The molecule has 1 heterocycles. The zero-order valence-electron chi connectivity index (χ0n) is 9.11. The number of hydrogen-bond donors (Lipinski definition) is 2. The van der Waals surface area contributed by atoms with Crippen LogP contribution in [0.3, 0.4) is 0 Å². The van der Waals surface area contributed by atoms with Gasteiger partial charge in [-0.05, 0) is 19.8 Å². The molecule has 15 heavy (non-hydrogen) atoms. The van der Waals surface area contributed by atoms with E-state index < -0.39 is 0 Å². The number of aliphatic imine (C=N–C) groups is 1. The van der Waals surface area contributed by atoms with E-state index in [4.69, 9.17) is 20.9 Å². The molecular formula is C10H19N3O2. The average molecular weight is 213 g/mol. The third-order valence-corrected chi connectivity index (χ3v) is 3.30. The molecule has 1 spiro atoms. The van der Waals surface area contributed by atoms with Crippen molar-refractivity contribution >= 4 is 5.96 Å². The fourth-order valence-electron chi connectivity index (χ4n) is 2.61. The molecule has 0 radical (unpaired) electrons. The second-order valence-electron chi connectivity index (χ2n) is 4.16. The van der Waals surface area contributed by atoms with E-state index in [0.717, 1.165) is 25.9 Å². The molecule has 3 unspecified atom stereocenters. The molecule has 5 heteroatoms. The number of ether oxygens (including phenoxy) is 2. The first-order valence-electron chi connectivity index (χ1n) is 5.53. The standard InChI is InChI=1S/C10H19N3O2/c1-2-14-8-6-7(13-9(11)12)10(8)4-3-5-15-10/h7-8H,2-6H2,1H3,(H4,11,12,13). The Bertz CT molecular complexity index is 257. The Labute approximate surface area is 89.8 Å². The van der Waals surface area contributed by atoms with E-state index in [-0.39, 0.29) is 23.7 Å². The summed E-state index contributed by atoms with van der Waals surface area (Å²) in [5.41, 5.74) is 10.6. The third-order valence-electron chi connectivity index (χ3n) is 3.30. The van der Waals surface area contributed by atoms with Gasteiger partial charge in [0.15, 0.2) is 5.96 Å². The van der Waals surface area contributed by atoms with E-state index in [2.05, 4.69) is 4.99 Å². The highest BCUT2D eigenvalue weighted by molar-refractivity contribution is 5.76. The summed E-state index contributed by atoms with van der Waals surface area (Å²) in [4.78, 5) is 4.22. The second kappa shape index (κ2) is 3.98. The molecule has 4 N–H and O–H groups in total. The Morgan fingerprint density at radius 3 is 2.93 bits per heavy atom. The highest BCUT2D eigenvalue weighted by Gasteiger charge is 2.59. The summed E-state index contributed by atoms with van der Waals surface area (Å²) in [5.74, 6) is 0.143. The summed E-state index contributed by atoms with van der Waals surface area (Å²) in [6.07, 6.45) is 3.10. The summed E-state index contributed by atoms with van der Waals surface area (Å²) in [5, 5.41) is 0. The van der Waals surface area contributed by atoms with Crippen LogP contribution in [-0.4, -0.2) is 36.9 Å². The molecule has 2 fully saturated rings. The predicted octanol–water partition coefficient (Wildman–Crippen LogP) is -0.0136. The van der Waals surface area contributed by atoms with Crippen LogP contribution in [0.2, 0.25) is 0 Å². The van der Waals surface area contributed by atoms with Gasteiger partial charge in [0.25, 0.3) is 0 Å². The quantitative estimate of drug-likeness (QED) is 0.510. The van der Waals surface area contributed by atoms with Crippen molar-refractivity contribution in [1.29, 1.82) is 0 Å². The Kier molecular flexibility index (Phi) is 2.84. The molecule has 0 aromatic carbocycles. The number of hydrogen-bond acceptors (Lipinski definition) is 3. The molecule has 0 bridgehead atoms. The lowest BCUT2D eigenvalue weighted by Gasteiger charge is -2.50. The maximum Gasteiger partial charge on any atom is 0.186 e. The summed E-state index contributed by atoms with van der Waals surface area (Å²) >= 11 is 0. The molecule has 86 valence electrons. The molecule has 1 saturated carbocycles. The summed E-state index contributed by atoms with van der Waals surface area (Å²) < 4.78 is 11.5. The highest BCUT2D eigenvalue weighted by atomic mass is 16.6. The zero-order valence-corrected chi connectivity index (χ0v) is 9.11. The lowest BCUT2D eigenvalue weighted by Crippen LogP contribution is -2.63. The van der Waals surface area contributed by atoms with Crippen molar-refractivity contribution in [3.05, 3.63) is 0 Å². The van der Waals surface area contributed by atoms with Crippen LogP contribution in [0.5, 0.6) is 0 Å². The van der Waals surface area contributed by atoms with Gasteiger partial charge in [0.05, 0.1) is 12.1 Å². The van der Waals surface area contributed by atoms with Gasteiger partial charge in [-0.2, -0.15) is 0 Å². The van der Waals surface area contributed by atoms with E-state index in [1.165, 1.54) is 0 Å². The Hall–Kier alpha value is -0.810. The number of guanidine groups is 1. The fraction of sp³-hybridized carbons (Fsp3) is 0.900. The van der Waals surface area contributed by atoms with E-state index in [0.29, 0.717) is 6.61 Å². The average Bonchev–Trinajstić information content (AvgIpc) is 2.67. The SMILES string of the molecule is CCOC1CC(N=C(N)N)C12CCCO2. The third kappa shape index (κ3) is 1.70. The molecule has 5 nitrogen and oxygen atoms in total. The first-order chi connectivity index (χ1) is 7.19. The fourth-order valence-corrected chi connectivity index (χ4v) is 2.61. The molecular weight excluding hydrogens is 194 g/mol. The van der Waals surface area contributed by atoms with Crippen molar-refractivity contribution in [2.45, 2.75) is 43.9 Å². The second-order valence-corrected chi connectivity index (χ2v) is 4.16. The normalized spacial score (nSPS) is 39.0. The van der Waals surface area contributed by atoms with Crippen LogP contribution >= 0.6 is 0 Å². The molecule has 1 aliphatic heterocycles. The van der Waals surface area contributed by atoms with Gasteiger partial charge in [0.1, 0.15) is 5.60 Å². The van der Waals surface area contributed by atoms with Crippen LogP contribution in [0.4, 0.5) is 0 Å². The topological polar surface area (TPSA) is 82.9 Å². The van der Waals surface area contributed by atoms with Crippen molar-refractivity contribution in [3.63, 3.8) is 0 Å². The van der Waals surface area contributed by atoms with Gasteiger partial charge in [-0.1, -0.05) is 0 Å². The van der Waals surface area contributed by atoms with Crippen LogP contribution in [0, 0.1) is 0 Å². The number of nitrogens with zero attached hydrogens (tertiary/aromatic N) is 1. The molecule has 1 saturated heterocycles. The van der Waals surface area contributed by atoms with E-state index >= 15 is 0 Å². The molecule has 0 aromatic rings. The Morgan fingerprint density at radius 2 is 2.40 bits per heavy atom. The maximum atomic E-state index is 5.81. The minimum absolute atomic E-state index is 0.0848. The monoisotopic (exact) mass is 213 g/mol. The zero-order chi connectivity index (χ0) is 10.9. The summed E-state index contributed by atoms with van der Waals surface area (Å²) in [6, 6.07) is 0.0848. The molecule has 0 aromatic heterocycles. The Morgan fingerprint density at radius 1 is 1.60 bits per heavy atom. The van der Waals surface area contributed by atoms with Crippen molar-refractivity contribution in [2.24, 2.45) is 16.5 Å². The van der Waals surface area contributed by atoms with Crippen molar-refractivity contribution in [2.75, 3.05) is 13.2 Å². The van der Waals surface area contributed by atoms with Crippen LogP contribution in [0.25, 0.3) is 0 Å². The van der Waals surface area contributed by atoms with E-state index in [9.17, 15) is 0 Å². The van der Waals surface area contributed by atoms with Crippen LogP contribution in [0.15, 0.2) is 4.99 Å². The lowest BCUT2D eigenvalue weighted by molar-refractivity contribution is -0.188. The highest BCUT2D eigenvalue weighted by Crippen LogP contribution is 2.47. The van der Waals surface area contributed by atoms with Gasteiger partial charge >= 0.3 is 0 Å². The molecule has 2 aliphatic rings. The first kappa shape index (κ1) is 10.7. The maximum absolute atomic E-state index is 5.81. The van der Waals surface area contributed by atoms with Gasteiger partial charge < -0.3 is 20.9 Å². The van der Waals surface area contributed by atoms with Gasteiger partial charge in [-0.3, -0.25) is 0 Å². The largest absolute Gasteiger partial charge is 0.375 e. The van der Waals surface area contributed by atoms with Gasteiger partial charge in [0.2, 0.25) is 0 Å². The number of rotatable bonds is 3. The summed E-state index contributed by atoms with van der Waals surface area (Å²) in [6.45, 7) is 3.50. The van der Waals surface area contributed by atoms with Crippen molar-refractivity contribution < 1.29 is 9.47 Å². The van der Waals surface area contributed by atoms with Gasteiger partial charge in [0, 0.05) is 19.6 Å². The van der Waals surface area contributed by atoms with E-state index in [1.807, 2.05) is 6.92 Å². The smallest absolute Gasteiger partial charge is 0.186 e. The minimum Gasteiger partial charge on any atom is -0.375 e. The van der Waals surface area contributed by atoms with Gasteiger partial charge in [-0.25, -0.2) is 4.99 Å². The van der Waals surface area contributed by atoms with Crippen molar-refractivity contribution in [3.8, 4) is 0 Å². The molecule has 2 rings (SSSR count). The van der Waals surface area contributed by atoms with Crippen LogP contribution < -0.4 is 11.5 Å². The first-order valence-corrected chi connectivity index (χ1v) is 5.53. The molecule has 3 atom stereocenters. The van der Waals surface area contributed by atoms with E-state index in [1.54, 1.807) is 0 Å².